The molecule has 0 bridgehead atoms. The first-order chi connectivity index (χ1) is 9.86. The molecule has 0 saturated carbocycles. The first-order valence-corrected chi connectivity index (χ1v) is 6.33. The molecular weight excluding hydrogens is 248 g/mol. The second kappa shape index (κ2) is 5.50. The number of rotatable bonds is 3. The second-order valence-corrected chi connectivity index (χ2v) is 4.34. The summed E-state index contributed by atoms with van der Waals surface area (Å²) < 4.78 is 0. The Morgan fingerprint density at radius 3 is 1.95 bits per heavy atom. The van der Waals surface area contributed by atoms with Crippen molar-refractivity contribution >= 4 is 5.82 Å². The van der Waals surface area contributed by atoms with Gasteiger partial charge in [-0.2, -0.15) is 0 Å². The third-order valence-electron chi connectivity index (χ3n) is 2.98. The average Bonchev–Trinajstić information content (AvgIpc) is 2.56. The van der Waals surface area contributed by atoms with Crippen LogP contribution in [0.15, 0.2) is 66.7 Å². The lowest BCUT2D eigenvalue weighted by molar-refractivity contribution is 1.15. The Morgan fingerprint density at radius 1 is 0.750 bits per heavy atom. The molecule has 0 spiro atoms. The lowest BCUT2D eigenvalue weighted by Gasteiger charge is -2.08. The van der Waals surface area contributed by atoms with E-state index in [9.17, 15) is 0 Å². The zero-order valence-electron chi connectivity index (χ0n) is 10.8. The number of hydrogen-bond donors (Lipinski definition) is 2. The molecule has 98 valence electrons. The third-order valence-corrected chi connectivity index (χ3v) is 2.98. The number of aromatic nitrogens is 2. The van der Waals surface area contributed by atoms with E-state index in [-0.39, 0.29) is 0 Å². The summed E-state index contributed by atoms with van der Waals surface area (Å²) in [5.41, 5.74) is 5.43. The predicted octanol–water partition coefficient (Wildman–Crippen LogP) is 3.10. The van der Waals surface area contributed by atoms with Gasteiger partial charge in [0.15, 0.2) is 5.82 Å². The smallest absolute Gasteiger partial charge is 0.162 e. The van der Waals surface area contributed by atoms with E-state index in [1.54, 1.807) is 0 Å². The fourth-order valence-corrected chi connectivity index (χ4v) is 1.99. The number of benzene rings is 2. The molecule has 20 heavy (non-hydrogen) atoms. The molecule has 0 aliphatic heterocycles. The van der Waals surface area contributed by atoms with Gasteiger partial charge in [-0.05, 0) is 0 Å². The summed E-state index contributed by atoms with van der Waals surface area (Å²) in [7, 11) is 0. The van der Waals surface area contributed by atoms with Crippen LogP contribution < -0.4 is 11.3 Å². The van der Waals surface area contributed by atoms with Gasteiger partial charge in [-0.3, -0.25) is 0 Å². The maximum atomic E-state index is 5.50. The zero-order chi connectivity index (χ0) is 13.8. The Hall–Kier alpha value is -2.72. The van der Waals surface area contributed by atoms with Crippen molar-refractivity contribution < 1.29 is 0 Å². The second-order valence-electron chi connectivity index (χ2n) is 4.34. The average molecular weight is 262 g/mol. The highest BCUT2D eigenvalue weighted by Crippen LogP contribution is 2.23. The monoisotopic (exact) mass is 262 g/mol. The third kappa shape index (κ3) is 2.50. The highest BCUT2D eigenvalue weighted by atomic mass is 15.3. The minimum absolute atomic E-state index is 0.595. The van der Waals surface area contributed by atoms with Crippen LogP contribution in [0.4, 0.5) is 5.82 Å². The number of nitrogens with zero attached hydrogens (tertiary/aromatic N) is 2. The van der Waals surface area contributed by atoms with E-state index in [1.807, 2.05) is 66.7 Å². The number of nitrogens with one attached hydrogen (secondary N) is 1. The fourth-order valence-electron chi connectivity index (χ4n) is 1.99. The van der Waals surface area contributed by atoms with Gasteiger partial charge < -0.3 is 5.43 Å². The number of hydrogen-bond acceptors (Lipinski definition) is 4. The fraction of sp³-hybridized carbons (Fsp3) is 0. The van der Waals surface area contributed by atoms with Gasteiger partial charge in [0, 0.05) is 17.2 Å². The molecule has 0 unspecified atom stereocenters. The highest BCUT2D eigenvalue weighted by Gasteiger charge is 2.07. The minimum atomic E-state index is 0.595. The maximum absolute atomic E-state index is 5.50. The van der Waals surface area contributed by atoms with E-state index in [0.29, 0.717) is 11.6 Å². The predicted molar refractivity (Wildman–Crippen MR) is 80.7 cm³/mol. The Bertz CT molecular complexity index is 638. The van der Waals surface area contributed by atoms with Crippen molar-refractivity contribution in [3.63, 3.8) is 0 Å². The molecule has 0 aliphatic rings. The Labute approximate surface area is 117 Å². The molecule has 0 radical (unpaired) electrons. The topological polar surface area (TPSA) is 63.8 Å². The van der Waals surface area contributed by atoms with Gasteiger partial charge in [-0.15, -0.1) is 0 Å². The summed E-state index contributed by atoms with van der Waals surface area (Å²) in [6.07, 6.45) is 0. The lowest BCUT2D eigenvalue weighted by atomic mass is 10.1. The molecule has 3 aromatic rings. The van der Waals surface area contributed by atoms with Crippen molar-refractivity contribution in [2.45, 2.75) is 0 Å². The van der Waals surface area contributed by atoms with Gasteiger partial charge >= 0.3 is 0 Å². The van der Waals surface area contributed by atoms with Crippen molar-refractivity contribution in [2.24, 2.45) is 5.84 Å². The van der Waals surface area contributed by atoms with Gasteiger partial charge in [0.05, 0.1) is 5.69 Å². The van der Waals surface area contributed by atoms with Gasteiger partial charge in [-0.25, -0.2) is 15.8 Å². The molecule has 4 nitrogen and oxygen atoms in total. The molecule has 2 aromatic carbocycles. The minimum Gasteiger partial charge on any atom is -0.308 e. The molecule has 4 heteroatoms. The number of nitrogen functional groups attached to an aromatic ring is 1. The summed E-state index contributed by atoms with van der Waals surface area (Å²) in [6, 6.07) is 21.6. The molecule has 0 atom stereocenters. The van der Waals surface area contributed by atoms with E-state index >= 15 is 0 Å². The Kier molecular flexibility index (Phi) is 3.39. The standard InChI is InChI=1S/C16H14N4/c17-20-15-11-14(12-7-3-1-4-8-12)18-16(19-15)13-9-5-2-6-10-13/h1-11H,17H2,(H,18,19,20). The summed E-state index contributed by atoms with van der Waals surface area (Å²) in [6.45, 7) is 0. The normalized spacial score (nSPS) is 10.2. The molecule has 3 rings (SSSR count). The highest BCUT2D eigenvalue weighted by molar-refractivity contribution is 5.67. The van der Waals surface area contributed by atoms with Gasteiger partial charge in [0.2, 0.25) is 0 Å². The van der Waals surface area contributed by atoms with Crippen LogP contribution >= 0.6 is 0 Å². The number of hydrazine groups is 1. The first-order valence-electron chi connectivity index (χ1n) is 6.33. The van der Waals surface area contributed by atoms with Crippen molar-refractivity contribution in [3.05, 3.63) is 66.7 Å². The molecule has 1 heterocycles. The number of nitrogens with two attached hydrogens (primary N) is 1. The van der Waals surface area contributed by atoms with Crippen molar-refractivity contribution in [2.75, 3.05) is 5.43 Å². The van der Waals surface area contributed by atoms with Gasteiger partial charge in [0.1, 0.15) is 5.82 Å². The van der Waals surface area contributed by atoms with E-state index in [4.69, 9.17) is 5.84 Å². The molecule has 1 aromatic heterocycles. The van der Waals surface area contributed by atoms with Crippen molar-refractivity contribution in [1.29, 1.82) is 0 Å². The van der Waals surface area contributed by atoms with Crippen molar-refractivity contribution in [1.82, 2.24) is 9.97 Å². The quantitative estimate of drug-likeness (QED) is 0.562. The maximum Gasteiger partial charge on any atom is 0.162 e. The molecule has 0 saturated heterocycles. The van der Waals surface area contributed by atoms with E-state index in [2.05, 4.69) is 15.4 Å². The van der Waals surface area contributed by atoms with Crippen LogP contribution in [0.2, 0.25) is 0 Å². The van der Waals surface area contributed by atoms with E-state index < -0.39 is 0 Å². The molecule has 0 amide bonds. The van der Waals surface area contributed by atoms with E-state index in [0.717, 1.165) is 16.8 Å². The van der Waals surface area contributed by atoms with Crippen molar-refractivity contribution in [3.8, 4) is 22.6 Å². The molecule has 0 fully saturated rings. The molecule has 3 N–H and O–H groups in total. The van der Waals surface area contributed by atoms with Crippen LogP contribution in [0.1, 0.15) is 0 Å². The van der Waals surface area contributed by atoms with Crippen LogP contribution in [-0.4, -0.2) is 9.97 Å². The Balaban J connectivity index is 2.13. The summed E-state index contributed by atoms with van der Waals surface area (Å²) in [5, 5.41) is 0. The zero-order valence-corrected chi connectivity index (χ0v) is 10.8. The van der Waals surface area contributed by atoms with Gasteiger partial charge in [0.25, 0.3) is 0 Å². The molecular formula is C16H14N4. The lowest BCUT2D eigenvalue weighted by Crippen LogP contribution is -2.09. The SMILES string of the molecule is NNc1cc(-c2ccccc2)nc(-c2ccccc2)n1. The van der Waals surface area contributed by atoms with Crippen LogP contribution in [0.5, 0.6) is 0 Å². The van der Waals surface area contributed by atoms with Crippen LogP contribution in [-0.2, 0) is 0 Å². The van der Waals surface area contributed by atoms with Crippen LogP contribution in [0.3, 0.4) is 0 Å². The number of anilines is 1. The van der Waals surface area contributed by atoms with Crippen LogP contribution in [0, 0.1) is 0 Å². The summed E-state index contributed by atoms with van der Waals surface area (Å²) >= 11 is 0. The van der Waals surface area contributed by atoms with E-state index in [1.165, 1.54) is 0 Å². The summed E-state index contributed by atoms with van der Waals surface area (Å²) in [4.78, 5) is 9.02. The Morgan fingerprint density at radius 2 is 1.35 bits per heavy atom. The molecule has 0 aliphatic carbocycles. The first kappa shape index (κ1) is 12.3. The van der Waals surface area contributed by atoms with Crippen LogP contribution in [0.25, 0.3) is 22.6 Å². The largest absolute Gasteiger partial charge is 0.308 e. The summed E-state index contributed by atoms with van der Waals surface area (Å²) in [5.74, 6) is 6.75. The van der Waals surface area contributed by atoms with Gasteiger partial charge in [-0.1, -0.05) is 60.7 Å².